The summed E-state index contributed by atoms with van der Waals surface area (Å²) in [5.74, 6) is -0.709. The monoisotopic (exact) mass is 550 g/mol. The highest BCUT2D eigenvalue weighted by Gasteiger charge is 2.33. The Kier molecular flexibility index (Phi) is 8.75. The van der Waals surface area contributed by atoms with Gasteiger partial charge in [-0.2, -0.15) is 13.2 Å². The van der Waals surface area contributed by atoms with Crippen molar-refractivity contribution >= 4 is 27.6 Å². The lowest BCUT2D eigenvalue weighted by Crippen LogP contribution is -2.31. The van der Waals surface area contributed by atoms with Gasteiger partial charge in [-0.25, -0.2) is 22.7 Å². The van der Waals surface area contributed by atoms with Gasteiger partial charge in [0, 0.05) is 37.1 Å². The fourth-order valence-corrected chi connectivity index (χ4v) is 5.01. The molecule has 0 fully saturated rings. The lowest BCUT2D eigenvalue weighted by atomic mass is 10.00. The number of aromatic nitrogens is 2. The van der Waals surface area contributed by atoms with Crippen LogP contribution in [0.4, 0.5) is 24.8 Å². The number of carbonyl (C=O) groups excluding carboxylic acids is 1. The Morgan fingerprint density at radius 1 is 1.03 bits per heavy atom. The van der Waals surface area contributed by atoms with Crippen molar-refractivity contribution in [2.24, 2.45) is 0 Å². The predicted octanol–water partition coefficient (Wildman–Crippen LogP) is 3.88. The molecule has 3 N–H and O–H groups in total. The van der Waals surface area contributed by atoms with E-state index in [9.17, 15) is 26.4 Å². The highest BCUT2D eigenvalue weighted by molar-refractivity contribution is 7.89. The Hall–Kier alpha value is -3.55. The predicted molar refractivity (Wildman–Crippen MR) is 139 cm³/mol. The maximum atomic E-state index is 13.5. The fourth-order valence-electron chi connectivity index (χ4n) is 3.67. The van der Waals surface area contributed by atoms with Crippen LogP contribution in [-0.2, 0) is 16.2 Å². The van der Waals surface area contributed by atoms with Crippen molar-refractivity contribution in [2.75, 3.05) is 45.3 Å². The minimum Gasteiger partial charge on any atom is -0.368 e. The van der Waals surface area contributed by atoms with Crippen LogP contribution >= 0.6 is 0 Å². The van der Waals surface area contributed by atoms with Gasteiger partial charge in [0.05, 0.1) is 11.3 Å². The zero-order valence-electron chi connectivity index (χ0n) is 21.4. The minimum absolute atomic E-state index is 0.0743. The van der Waals surface area contributed by atoms with Crippen LogP contribution in [0.25, 0.3) is 11.1 Å². The summed E-state index contributed by atoms with van der Waals surface area (Å²) < 4.78 is 68.0. The summed E-state index contributed by atoms with van der Waals surface area (Å²) in [6.45, 7) is 2.56. The number of rotatable bonds is 9. The van der Waals surface area contributed by atoms with E-state index >= 15 is 0 Å². The van der Waals surface area contributed by atoms with Gasteiger partial charge in [0.1, 0.15) is 4.90 Å². The molecule has 3 aromatic rings. The number of alkyl halides is 3. The van der Waals surface area contributed by atoms with Gasteiger partial charge in [-0.05, 0) is 75.4 Å². The summed E-state index contributed by atoms with van der Waals surface area (Å²) in [4.78, 5) is 22.5. The lowest BCUT2D eigenvalue weighted by molar-refractivity contribution is -0.137. The van der Waals surface area contributed by atoms with E-state index in [1.807, 2.05) is 19.0 Å². The van der Waals surface area contributed by atoms with Gasteiger partial charge in [0.25, 0.3) is 5.91 Å². The molecule has 9 nitrogen and oxygen atoms in total. The van der Waals surface area contributed by atoms with E-state index in [4.69, 9.17) is 5.73 Å². The van der Waals surface area contributed by atoms with Crippen LogP contribution < -0.4 is 11.1 Å². The Labute approximate surface area is 219 Å². The second kappa shape index (κ2) is 11.5. The molecular formula is C25H29F3N6O3S. The first-order chi connectivity index (χ1) is 17.7. The molecule has 0 bridgehead atoms. The Bertz CT molecular complexity index is 1410. The average molecular weight is 551 g/mol. The first kappa shape index (κ1) is 29.0. The summed E-state index contributed by atoms with van der Waals surface area (Å²) in [5.41, 5.74) is 6.05. The number of anilines is 2. The normalized spacial score (nSPS) is 12.2. The van der Waals surface area contributed by atoms with Crippen LogP contribution in [0.2, 0.25) is 0 Å². The van der Waals surface area contributed by atoms with Crippen LogP contribution in [0.1, 0.15) is 27.9 Å². The molecule has 0 radical (unpaired) electrons. The van der Waals surface area contributed by atoms with E-state index in [2.05, 4.69) is 15.3 Å². The van der Waals surface area contributed by atoms with Crippen LogP contribution in [0, 0.1) is 6.92 Å². The van der Waals surface area contributed by atoms with Crippen molar-refractivity contribution in [1.82, 2.24) is 19.2 Å². The number of benzene rings is 2. The molecule has 0 saturated carbocycles. The van der Waals surface area contributed by atoms with Crippen molar-refractivity contribution in [3.05, 3.63) is 65.5 Å². The largest absolute Gasteiger partial charge is 0.416 e. The van der Waals surface area contributed by atoms with E-state index in [1.165, 1.54) is 31.6 Å². The maximum absolute atomic E-state index is 13.5. The maximum Gasteiger partial charge on any atom is 0.416 e. The molecule has 204 valence electrons. The van der Waals surface area contributed by atoms with Crippen molar-refractivity contribution in [3.8, 4) is 11.1 Å². The van der Waals surface area contributed by atoms with Crippen molar-refractivity contribution < 1.29 is 26.4 Å². The molecule has 1 amide bonds. The van der Waals surface area contributed by atoms with E-state index < -0.39 is 38.3 Å². The second-order valence-electron chi connectivity index (χ2n) is 9.01. The van der Waals surface area contributed by atoms with Crippen LogP contribution in [-0.4, -0.2) is 67.7 Å². The molecule has 0 aliphatic heterocycles. The number of aryl methyl sites for hydroxylation is 1. The zero-order chi connectivity index (χ0) is 28.3. The van der Waals surface area contributed by atoms with Crippen molar-refractivity contribution in [3.63, 3.8) is 0 Å². The highest BCUT2D eigenvalue weighted by atomic mass is 32.2. The molecule has 1 aromatic heterocycles. The molecule has 0 atom stereocenters. The molecule has 13 heteroatoms. The number of halogens is 3. The smallest absolute Gasteiger partial charge is 0.368 e. The number of nitrogen functional groups attached to an aromatic ring is 1. The Morgan fingerprint density at radius 2 is 1.68 bits per heavy atom. The standard InChI is InChI=1S/C25H29F3N6O3S/c1-16-6-7-17(12-20(16)18-14-30-24(29)31-15-18)23(35)32-21-13-19(25(26,27)28)8-9-22(21)38(36,37)34(4)11-5-10-33(2)3/h6-9,12-15H,5,10-11H2,1-4H3,(H,32,35)(H2,29,30,31). The molecular weight excluding hydrogens is 521 g/mol. The SMILES string of the molecule is Cc1ccc(C(=O)Nc2cc(C(F)(F)F)ccc2S(=O)(=O)N(C)CCCN(C)C)cc1-c1cnc(N)nc1. The summed E-state index contributed by atoms with van der Waals surface area (Å²) >= 11 is 0. The van der Waals surface area contributed by atoms with E-state index in [0.29, 0.717) is 36.2 Å². The number of nitrogens with zero attached hydrogens (tertiary/aromatic N) is 4. The van der Waals surface area contributed by atoms with Gasteiger partial charge in [-0.1, -0.05) is 6.07 Å². The molecule has 38 heavy (non-hydrogen) atoms. The molecule has 0 unspecified atom stereocenters. The summed E-state index contributed by atoms with van der Waals surface area (Å²) in [6.07, 6.45) is -1.27. The average Bonchev–Trinajstić information content (AvgIpc) is 2.84. The van der Waals surface area contributed by atoms with Gasteiger partial charge in [-0.3, -0.25) is 4.79 Å². The van der Waals surface area contributed by atoms with Crippen LogP contribution in [0.15, 0.2) is 53.7 Å². The van der Waals surface area contributed by atoms with Crippen molar-refractivity contribution in [2.45, 2.75) is 24.4 Å². The number of nitrogens with one attached hydrogen (secondary N) is 1. The van der Waals surface area contributed by atoms with Crippen LogP contribution in [0.3, 0.4) is 0 Å². The number of hydrogen-bond acceptors (Lipinski definition) is 7. The summed E-state index contributed by atoms with van der Waals surface area (Å²) in [5, 5.41) is 2.38. The number of nitrogens with two attached hydrogens (primary N) is 1. The second-order valence-corrected chi connectivity index (χ2v) is 11.0. The van der Waals surface area contributed by atoms with Gasteiger partial charge < -0.3 is 16.0 Å². The fraction of sp³-hybridized carbons (Fsp3) is 0.320. The quantitative estimate of drug-likeness (QED) is 0.415. The first-order valence-electron chi connectivity index (χ1n) is 11.5. The van der Waals surface area contributed by atoms with E-state index in [0.717, 1.165) is 15.9 Å². The minimum atomic E-state index is -4.74. The molecule has 0 aliphatic rings. The summed E-state index contributed by atoms with van der Waals surface area (Å²) in [6, 6.07) is 6.84. The zero-order valence-corrected chi connectivity index (χ0v) is 22.2. The number of amides is 1. The van der Waals surface area contributed by atoms with Gasteiger partial charge in [0.15, 0.2) is 0 Å². The molecule has 2 aromatic carbocycles. The van der Waals surface area contributed by atoms with Crippen molar-refractivity contribution in [1.29, 1.82) is 0 Å². The van der Waals surface area contributed by atoms with Crippen LogP contribution in [0.5, 0.6) is 0 Å². The lowest BCUT2D eigenvalue weighted by Gasteiger charge is -2.21. The van der Waals surface area contributed by atoms with E-state index in [1.54, 1.807) is 13.0 Å². The third kappa shape index (κ3) is 6.85. The topological polar surface area (TPSA) is 122 Å². The third-order valence-electron chi connectivity index (χ3n) is 5.80. The van der Waals surface area contributed by atoms with Gasteiger partial charge in [-0.15, -0.1) is 0 Å². The number of sulfonamides is 1. The van der Waals surface area contributed by atoms with E-state index in [-0.39, 0.29) is 18.1 Å². The molecule has 0 aliphatic carbocycles. The third-order valence-corrected chi connectivity index (χ3v) is 7.72. The number of carbonyl (C=O) groups is 1. The number of hydrogen-bond donors (Lipinski definition) is 2. The Morgan fingerprint density at radius 3 is 2.29 bits per heavy atom. The van der Waals surface area contributed by atoms with Gasteiger partial charge in [0.2, 0.25) is 16.0 Å². The summed E-state index contributed by atoms with van der Waals surface area (Å²) in [7, 11) is 0.811. The highest BCUT2D eigenvalue weighted by Crippen LogP contribution is 2.35. The first-order valence-corrected chi connectivity index (χ1v) is 13.0. The molecule has 0 spiro atoms. The van der Waals surface area contributed by atoms with Gasteiger partial charge >= 0.3 is 6.18 Å². The molecule has 0 saturated heterocycles. The Balaban J connectivity index is 1.99. The molecule has 1 heterocycles. The molecule has 3 rings (SSSR count).